The van der Waals surface area contributed by atoms with Gasteiger partial charge in [-0.25, -0.2) is 9.78 Å². The van der Waals surface area contributed by atoms with Gasteiger partial charge in [-0.15, -0.1) is 11.3 Å². The van der Waals surface area contributed by atoms with Crippen LogP contribution in [0.4, 0.5) is 0 Å². The van der Waals surface area contributed by atoms with Gasteiger partial charge in [0, 0.05) is 41.9 Å². The van der Waals surface area contributed by atoms with Crippen molar-refractivity contribution in [2.24, 2.45) is 0 Å². The molecule has 2 aromatic rings. The molecule has 0 spiro atoms. The van der Waals surface area contributed by atoms with Crippen LogP contribution in [0.2, 0.25) is 0 Å². The van der Waals surface area contributed by atoms with Gasteiger partial charge in [-0.1, -0.05) is 6.58 Å². The minimum absolute atomic E-state index is 0.00142. The van der Waals surface area contributed by atoms with Gasteiger partial charge in [0.1, 0.15) is 26.4 Å². The number of hydrogen-bond acceptors (Lipinski definition) is 9. The molecule has 2 aliphatic rings. The Morgan fingerprint density at radius 1 is 1.08 bits per heavy atom. The quantitative estimate of drug-likeness (QED) is 0.283. The van der Waals surface area contributed by atoms with E-state index in [1.807, 2.05) is 18.2 Å². The van der Waals surface area contributed by atoms with Crippen LogP contribution in [0.25, 0.3) is 11.3 Å². The third kappa shape index (κ3) is 6.63. The molecule has 36 heavy (non-hydrogen) atoms. The first-order valence-electron chi connectivity index (χ1n) is 12.0. The highest BCUT2D eigenvalue weighted by Gasteiger charge is 2.26. The fraction of sp³-hybridized carbons (Fsp3) is 0.462. The monoisotopic (exact) mass is 514 g/mol. The summed E-state index contributed by atoms with van der Waals surface area (Å²) in [7, 11) is 0. The van der Waals surface area contributed by atoms with Gasteiger partial charge in [0.15, 0.2) is 11.5 Å². The van der Waals surface area contributed by atoms with Crippen molar-refractivity contribution in [2.75, 3.05) is 39.5 Å². The number of piperidine rings is 1. The van der Waals surface area contributed by atoms with Crippen LogP contribution in [0, 0.1) is 0 Å². The smallest absolute Gasteiger partial charge is 0.333 e. The van der Waals surface area contributed by atoms with Gasteiger partial charge < -0.3 is 23.8 Å². The molecule has 1 saturated heterocycles. The maximum absolute atomic E-state index is 12.6. The summed E-state index contributed by atoms with van der Waals surface area (Å²) in [5.74, 6) is 0.734. The molecule has 0 bridgehead atoms. The first kappa shape index (κ1) is 25.7. The van der Waals surface area contributed by atoms with E-state index in [0.29, 0.717) is 32.2 Å². The Bertz CT molecular complexity index is 1120. The van der Waals surface area contributed by atoms with Gasteiger partial charge in [-0.3, -0.25) is 9.59 Å². The van der Waals surface area contributed by atoms with Crippen LogP contribution < -0.4 is 9.47 Å². The normalized spacial score (nSPS) is 15.3. The summed E-state index contributed by atoms with van der Waals surface area (Å²) in [5.41, 5.74) is 2.19. The Balaban J connectivity index is 1.19. The first-order chi connectivity index (χ1) is 17.4. The second kappa shape index (κ2) is 12.0. The van der Waals surface area contributed by atoms with Crippen molar-refractivity contribution in [3.8, 4) is 22.8 Å². The third-order valence-corrected chi connectivity index (χ3v) is 7.04. The minimum Gasteiger partial charge on any atom is -0.486 e. The summed E-state index contributed by atoms with van der Waals surface area (Å²) in [4.78, 5) is 42.4. The van der Waals surface area contributed by atoms with Crippen LogP contribution in [0.1, 0.15) is 43.5 Å². The molecule has 4 rings (SSSR count). The van der Waals surface area contributed by atoms with Crippen LogP contribution in [-0.2, 0) is 23.9 Å². The summed E-state index contributed by atoms with van der Waals surface area (Å²) in [6.45, 7) is 7.31. The lowest BCUT2D eigenvalue weighted by atomic mass is 9.97. The predicted molar refractivity (Wildman–Crippen MR) is 133 cm³/mol. The number of esters is 2. The van der Waals surface area contributed by atoms with Crippen molar-refractivity contribution < 1.29 is 33.3 Å². The van der Waals surface area contributed by atoms with Crippen LogP contribution in [-0.4, -0.2) is 67.2 Å². The van der Waals surface area contributed by atoms with E-state index in [0.717, 1.165) is 40.6 Å². The highest BCUT2D eigenvalue weighted by atomic mass is 32.1. The number of thiazole rings is 1. The van der Waals surface area contributed by atoms with Crippen molar-refractivity contribution in [1.82, 2.24) is 9.88 Å². The van der Waals surface area contributed by atoms with Gasteiger partial charge in [0.2, 0.25) is 5.91 Å². The highest BCUT2D eigenvalue weighted by Crippen LogP contribution is 2.37. The molecule has 1 aromatic carbocycles. The number of rotatable bonds is 9. The molecule has 2 aliphatic heterocycles. The molecule has 10 heteroatoms. The van der Waals surface area contributed by atoms with E-state index in [1.54, 1.807) is 23.2 Å². The second-order valence-corrected chi connectivity index (χ2v) is 9.61. The van der Waals surface area contributed by atoms with Gasteiger partial charge in [0.25, 0.3) is 0 Å². The maximum Gasteiger partial charge on any atom is 0.333 e. The van der Waals surface area contributed by atoms with E-state index < -0.39 is 11.9 Å². The molecule has 0 unspecified atom stereocenters. The average molecular weight is 515 g/mol. The number of nitrogens with zero attached hydrogens (tertiary/aromatic N) is 2. The molecular weight excluding hydrogens is 484 g/mol. The average Bonchev–Trinajstić information content (AvgIpc) is 3.40. The maximum atomic E-state index is 12.6. The molecule has 192 valence electrons. The van der Waals surface area contributed by atoms with E-state index in [9.17, 15) is 14.4 Å². The molecule has 3 heterocycles. The number of likely N-dealkylation sites (tertiary alicyclic amines) is 1. The lowest BCUT2D eigenvalue weighted by molar-refractivity contribution is -0.151. The number of ether oxygens (including phenoxy) is 4. The number of carbonyl (C=O) groups excluding carboxylic acids is 3. The lowest BCUT2D eigenvalue weighted by Gasteiger charge is -2.31. The molecule has 0 aliphatic carbocycles. The first-order valence-corrected chi connectivity index (χ1v) is 12.9. The van der Waals surface area contributed by atoms with Crippen molar-refractivity contribution >= 4 is 29.2 Å². The molecule has 1 aromatic heterocycles. The van der Waals surface area contributed by atoms with E-state index in [-0.39, 0.29) is 37.5 Å². The summed E-state index contributed by atoms with van der Waals surface area (Å²) >= 11 is 1.64. The topological polar surface area (TPSA) is 104 Å². The zero-order valence-electron chi connectivity index (χ0n) is 20.3. The van der Waals surface area contributed by atoms with Crippen molar-refractivity contribution in [3.63, 3.8) is 0 Å². The Hall–Kier alpha value is -3.40. The molecule has 9 nitrogen and oxygen atoms in total. The molecular formula is C26H30N2O7S. The largest absolute Gasteiger partial charge is 0.486 e. The van der Waals surface area contributed by atoms with E-state index >= 15 is 0 Å². The summed E-state index contributed by atoms with van der Waals surface area (Å²) in [6.07, 6.45) is 1.76. The number of hydrogen-bond donors (Lipinski definition) is 0. The van der Waals surface area contributed by atoms with E-state index in [2.05, 4.69) is 12.0 Å². The summed E-state index contributed by atoms with van der Waals surface area (Å²) in [6, 6.07) is 5.88. The Morgan fingerprint density at radius 3 is 2.56 bits per heavy atom. The fourth-order valence-corrected chi connectivity index (χ4v) is 5.04. The fourth-order valence-electron chi connectivity index (χ4n) is 4.04. The number of amides is 1. The highest BCUT2D eigenvalue weighted by molar-refractivity contribution is 7.10. The summed E-state index contributed by atoms with van der Waals surface area (Å²) < 4.78 is 21.2. The Morgan fingerprint density at radius 2 is 1.81 bits per heavy atom. The van der Waals surface area contributed by atoms with Gasteiger partial charge >= 0.3 is 11.9 Å². The van der Waals surface area contributed by atoms with Gasteiger partial charge in [-0.05, 0) is 38.0 Å². The summed E-state index contributed by atoms with van der Waals surface area (Å²) in [5, 5.41) is 3.13. The number of benzene rings is 1. The van der Waals surface area contributed by atoms with Crippen molar-refractivity contribution in [1.29, 1.82) is 0 Å². The Labute approximate surface area is 214 Å². The minimum atomic E-state index is -0.526. The van der Waals surface area contributed by atoms with Crippen LogP contribution in [0.5, 0.6) is 11.5 Å². The van der Waals surface area contributed by atoms with Crippen LogP contribution >= 0.6 is 11.3 Å². The second-order valence-electron chi connectivity index (χ2n) is 8.72. The Kier molecular flexibility index (Phi) is 8.58. The van der Waals surface area contributed by atoms with Crippen LogP contribution in [0.3, 0.4) is 0 Å². The zero-order chi connectivity index (χ0) is 25.5. The molecule has 0 atom stereocenters. The SMILES string of the molecule is C=C(C)C(=O)OCCOC(=O)CCC(=O)N1CCC(c2nc(-c3ccc4c(c3)OCCO4)cs2)CC1. The standard InChI is InChI=1S/C26H30N2O7S/c1-17(2)26(31)35-14-13-34-24(30)6-5-23(29)28-9-7-18(8-10-28)25-27-20(16-36-25)19-3-4-21-22(15-19)33-12-11-32-21/h3-4,15-16,18H,1,5-14H2,2H3. The molecule has 0 radical (unpaired) electrons. The van der Waals surface area contributed by atoms with E-state index in [4.69, 9.17) is 23.9 Å². The molecule has 1 amide bonds. The molecule has 1 fully saturated rings. The lowest BCUT2D eigenvalue weighted by Crippen LogP contribution is -2.38. The third-order valence-electron chi connectivity index (χ3n) is 6.03. The zero-order valence-corrected chi connectivity index (χ0v) is 21.1. The molecule has 0 saturated carbocycles. The number of fused-ring (bicyclic) bond motifs is 1. The van der Waals surface area contributed by atoms with Crippen molar-refractivity contribution in [2.45, 2.75) is 38.5 Å². The van der Waals surface area contributed by atoms with Crippen molar-refractivity contribution in [3.05, 3.63) is 40.7 Å². The number of carbonyl (C=O) groups is 3. The predicted octanol–water partition coefficient (Wildman–Crippen LogP) is 3.73. The van der Waals surface area contributed by atoms with Crippen LogP contribution in [0.15, 0.2) is 35.7 Å². The number of aromatic nitrogens is 1. The van der Waals surface area contributed by atoms with Gasteiger partial charge in [0.05, 0.1) is 17.1 Å². The van der Waals surface area contributed by atoms with Gasteiger partial charge in [-0.2, -0.15) is 0 Å². The van der Waals surface area contributed by atoms with E-state index in [1.165, 1.54) is 0 Å². The molecule has 0 N–H and O–H groups in total.